The second kappa shape index (κ2) is 9.91. The molecule has 0 bridgehead atoms. The van der Waals surface area contributed by atoms with Gasteiger partial charge in [-0.2, -0.15) is 10.5 Å². The number of hydrogen-bond acceptors (Lipinski definition) is 7. The minimum Gasteiger partial charge on any atom is -0.454 e. The van der Waals surface area contributed by atoms with Crippen molar-refractivity contribution in [2.24, 2.45) is 5.92 Å². The Balaban J connectivity index is 1.40. The van der Waals surface area contributed by atoms with Crippen LogP contribution >= 0.6 is 22.9 Å². The molecule has 2 N–H and O–H groups in total. The number of fused-ring (bicyclic) bond motifs is 1. The van der Waals surface area contributed by atoms with E-state index >= 15 is 4.39 Å². The van der Waals surface area contributed by atoms with Crippen LogP contribution in [0.1, 0.15) is 47.2 Å². The summed E-state index contributed by atoms with van der Waals surface area (Å²) in [6.45, 7) is 0. The Labute approximate surface area is 237 Å². The smallest absolute Gasteiger partial charge is 0.255 e. The fourth-order valence-electron chi connectivity index (χ4n) is 4.41. The summed E-state index contributed by atoms with van der Waals surface area (Å²) in [7, 11) is 0. The molecule has 2 amide bonds. The molecule has 0 unspecified atom stereocenters. The SMILES string of the molecule is N#Cc1c(Oc2cc(NC(=O)c3ccccc3)c(F)c(C3(C#N)CC3)c2Cl)ccc2nc(NC(=O)C3CC3)sc12. The van der Waals surface area contributed by atoms with Crippen molar-refractivity contribution in [1.29, 1.82) is 10.5 Å². The van der Waals surface area contributed by atoms with E-state index in [0.29, 0.717) is 33.8 Å². The van der Waals surface area contributed by atoms with Gasteiger partial charge in [-0.15, -0.1) is 0 Å². The molecular weight excluding hydrogens is 553 g/mol. The Bertz CT molecular complexity index is 1790. The van der Waals surface area contributed by atoms with Gasteiger partial charge in [0, 0.05) is 23.1 Å². The van der Waals surface area contributed by atoms with Crippen molar-refractivity contribution in [3.63, 3.8) is 0 Å². The van der Waals surface area contributed by atoms with Crippen LogP contribution in [-0.2, 0) is 10.2 Å². The van der Waals surface area contributed by atoms with Gasteiger partial charge in [-0.3, -0.25) is 9.59 Å². The van der Waals surface area contributed by atoms with Gasteiger partial charge in [-0.05, 0) is 49.9 Å². The number of amides is 2. The van der Waals surface area contributed by atoms with Crippen LogP contribution in [0.15, 0.2) is 48.5 Å². The van der Waals surface area contributed by atoms with Gasteiger partial charge in [0.25, 0.3) is 5.91 Å². The minimum absolute atomic E-state index is 0.00379. The number of rotatable bonds is 7. The van der Waals surface area contributed by atoms with Crippen LogP contribution in [-0.4, -0.2) is 16.8 Å². The third kappa shape index (κ3) is 4.62. The van der Waals surface area contributed by atoms with Crippen LogP contribution < -0.4 is 15.4 Å². The zero-order chi connectivity index (χ0) is 28.0. The van der Waals surface area contributed by atoms with Crippen LogP contribution in [0.2, 0.25) is 5.02 Å². The molecule has 0 radical (unpaired) electrons. The normalized spacial score (nSPS) is 15.1. The summed E-state index contributed by atoms with van der Waals surface area (Å²) >= 11 is 7.78. The van der Waals surface area contributed by atoms with E-state index in [2.05, 4.69) is 27.8 Å². The highest BCUT2D eigenvalue weighted by Gasteiger charge is 2.49. The summed E-state index contributed by atoms with van der Waals surface area (Å²) in [6.07, 6.45) is 2.50. The number of nitrogens with one attached hydrogen (secondary N) is 2. The lowest BCUT2D eigenvalue weighted by atomic mass is 9.95. The lowest BCUT2D eigenvalue weighted by Gasteiger charge is -2.19. The fraction of sp³-hybridized carbons (Fsp3) is 0.207. The third-order valence-electron chi connectivity index (χ3n) is 6.92. The van der Waals surface area contributed by atoms with Crippen LogP contribution in [0.3, 0.4) is 0 Å². The predicted octanol–water partition coefficient (Wildman–Crippen LogP) is 6.91. The van der Waals surface area contributed by atoms with E-state index in [1.165, 1.54) is 12.1 Å². The Kier molecular flexibility index (Phi) is 6.38. The van der Waals surface area contributed by atoms with Gasteiger partial charge in [-0.25, -0.2) is 9.37 Å². The first-order valence-corrected chi connectivity index (χ1v) is 13.7. The molecule has 2 saturated carbocycles. The van der Waals surface area contributed by atoms with Crippen LogP contribution in [0.4, 0.5) is 15.2 Å². The van der Waals surface area contributed by atoms with E-state index in [4.69, 9.17) is 16.3 Å². The Hall–Kier alpha value is -4.51. The van der Waals surface area contributed by atoms with Crippen molar-refractivity contribution in [1.82, 2.24) is 4.98 Å². The largest absolute Gasteiger partial charge is 0.454 e. The van der Waals surface area contributed by atoms with Gasteiger partial charge in [-0.1, -0.05) is 41.1 Å². The first-order valence-electron chi connectivity index (χ1n) is 12.5. The highest BCUT2D eigenvalue weighted by atomic mass is 35.5. The van der Waals surface area contributed by atoms with Gasteiger partial charge in [0.1, 0.15) is 23.1 Å². The van der Waals surface area contributed by atoms with Gasteiger partial charge < -0.3 is 15.4 Å². The number of hydrogen-bond donors (Lipinski definition) is 2. The second-order valence-corrected chi connectivity index (χ2v) is 11.1. The van der Waals surface area contributed by atoms with Crippen LogP contribution in [0, 0.1) is 34.4 Å². The summed E-state index contributed by atoms with van der Waals surface area (Å²) in [6, 6.07) is 17.0. The number of benzene rings is 3. The molecule has 0 spiro atoms. The minimum atomic E-state index is -1.14. The zero-order valence-electron chi connectivity index (χ0n) is 20.8. The monoisotopic (exact) mass is 571 g/mol. The number of carbonyl (C=O) groups is 2. The molecule has 1 heterocycles. The summed E-state index contributed by atoms with van der Waals surface area (Å²) in [5.74, 6) is -1.36. The standard InChI is InChI=1S/C29H19ClFN5O3S/c30-23-21(39-20-9-8-18-25(17(20)13-32)40-28(35-18)36-27(38)16-6-7-16)12-19(24(31)22(23)29(14-33)10-11-29)34-26(37)15-4-2-1-3-5-15/h1-5,8-9,12,16H,6-7,10-11H2,(H,34,37)(H,35,36,38). The van der Waals surface area contributed by atoms with Gasteiger partial charge in [0.15, 0.2) is 10.9 Å². The Morgan fingerprint density at radius 1 is 1.10 bits per heavy atom. The van der Waals surface area contributed by atoms with Crippen molar-refractivity contribution in [3.8, 4) is 23.6 Å². The van der Waals surface area contributed by atoms with Gasteiger partial charge in [0.05, 0.1) is 32.4 Å². The number of anilines is 2. The first kappa shape index (κ1) is 25.8. The lowest BCUT2D eigenvalue weighted by molar-refractivity contribution is -0.117. The van der Waals surface area contributed by atoms with E-state index in [9.17, 15) is 20.1 Å². The van der Waals surface area contributed by atoms with Gasteiger partial charge >= 0.3 is 0 Å². The Morgan fingerprint density at radius 3 is 2.50 bits per heavy atom. The number of aromatic nitrogens is 1. The second-order valence-electron chi connectivity index (χ2n) is 9.72. The molecular formula is C29H19ClFN5O3S. The quantitative estimate of drug-likeness (QED) is 0.248. The maximum absolute atomic E-state index is 15.8. The molecule has 2 fully saturated rings. The molecule has 198 valence electrons. The summed E-state index contributed by atoms with van der Waals surface area (Å²) < 4.78 is 22.4. The van der Waals surface area contributed by atoms with Crippen molar-refractivity contribution >= 4 is 55.8 Å². The van der Waals surface area contributed by atoms with Crippen molar-refractivity contribution in [2.75, 3.05) is 10.6 Å². The fourth-order valence-corrected chi connectivity index (χ4v) is 5.73. The van der Waals surface area contributed by atoms with E-state index in [1.54, 1.807) is 36.4 Å². The lowest BCUT2D eigenvalue weighted by Crippen LogP contribution is -2.16. The highest BCUT2D eigenvalue weighted by Crippen LogP contribution is 2.54. The molecule has 1 aromatic heterocycles. The average Bonchev–Trinajstić information content (AvgIpc) is 3.89. The Morgan fingerprint density at radius 2 is 1.85 bits per heavy atom. The number of nitrogens with zero attached hydrogens (tertiary/aromatic N) is 3. The highest BCUT2D eigenvalue weighted by molar-refractivity contribution is 7.22. The molecule has 11 heteroatoms. The predicted molar refractivity (Wildman–Crippen MR) is 148 cm³/mol. The van der Waals surface area contributed by atoms with Crippen molar-refractivity contribution in [2.45, 2.75) is 31.1 Å². The number of nitriles is 2. The third-order valence-corrected chi connectivity index (χ3v) is 8.30. The van der Waals surface area contributed by atoms with E-state index in [1.807, 2.05) is 0 Å². The van der Waals surface area contributed by atoms with Gasteiger partial charge in [0.2, 0.25) is 5.91 Å². The van der Waals surface area contributed by atoms with Crippen LogP contribution in [0.5, 0.6) is 11.5 Å². The van der Waals surface area contributed by atoms with E-state index in [-0.39, 0.29) is 45.2 Å². The zero-order valence-corrected chi connectivity index (χ0v) is 22.3. The van der Waals surface area contributed by atoms with E-state index in [0.717, 1.165) is 24.2 Å². The molecule has 8 nitrogen and oxygen atoms in total. The number of carbonyl (C=O) groups excluding carboxylic acids is 2. The summed E-state index contributed by atoms with van der Waals surface area (Å²) in [4.78, 5) is 29.4. The molecule has 3 aromatic carbocycles. The maximum Gasteiger partial charge on any atom is 0.255 e. The number of thiazole rings is 1. The molecule has 2 aliphatic carbocycles. The number of ether oxygens (including phenoxy) is 1. The maximum atomic E-state index is 15.8. The summed E-state index contributed by atoms with van der Waals surface area (Å²) in [5, 5.41) is 25.4. The first-order chi connectivity index (χ1) is 19.3. The van der Waals surface area contributed by atoms with Crippen molar-refractivity contribution in [3.05, 3.63) is 76.1 Å². The molecule has 40 heavy (non-hydrogen) atoms. The van der Waals surface area contributed by atoms with Crippen molar-refractivity contribution < 1.29 is 18.7 Å². The average molecular weight is 572 g/mol. The molecule has 2 aliphatic rings. The van der Waals surface area contributed by atoms with Crippen LogP contribution in [0.25, 0.3) is 10.2 Å². The molecule has 6 rings (SSSR count). The molecule has 0 saturated heterocycles. The van der Waals surface area contributed by atoms with E-state index < -0.39 is 17.1 Å². The molecule has 0 atom stereocenters. The number of halogens is 2. The summed E-state index contributed by atoms with van der Waals surface area (Å²) in [5.41, 5.74) is -0.425. The topological polar surface area (TPSA) is 128 Å². The molecule has 4 aromatic rings. The molecule has 0 aliphatic heterocycles.